The molecule has 0 spiro atoms. The van der Waals surface area contributed by atoms with Gasteiger partial charge in [0.25, 0.3) is 0 Å². The standard InChI is InChI=1S/C40H54N2O13/c1-40(2,3)55-37(46)15-14-34(42-39(48)54-28-33-31-12-6-4-10-29(31)30-11-5-7-13-32(30)33)38(47)53-20-9-8-19-49-22-24-51-26-27-52-25-23-50-21-17-35(43)41-18-16-36(44)45/h4-13,33-34H,14-28H2,1-3H3,(H,41,43)(H,42,48)(H,44,45)/b9-8+/t34-/m0/s1. The molecule has 55 heavy (non-hydrogen) atoms. The molecule has 0 heterocycles. The van der Waals surface area contributed by atoms with Crippen LogP contribution in [0.4, 0.5) is 4.79 Å². The number of carbonyl (C=O) groups is 5. The fraction of sp³-hybridized carbons (Fsp3) is 0.525. The van der Waals surface area contributed by atoms with Crippen LogP contribution in [0.25, 0.3) is 11.1 Å². The first-order valence-corrected chi connectivity index (χ1v) is 18.4. The van der Waals surface area contributed by atoms with Gasteiger partial charge in [-0.05, 0) is 55.5 Å². The van der Waals surface area contributed by atoms with E-state index in [0.717, 1.165) is 22.3 Å². The van der Waals surface area contributed by atoms with E-state index in [1.165, 1.54) is 0 Å². The Kier molecular flexibility index (Phi) is 19.9. The van der Waals surface area contributed by atoms with Gasteiger partial charge in [-0.2, -0.15) is 0 Å². The Balaban J connectivity index is 1.29. The number of carboxylic acids is 1. The van der Waals surface area contributed by atoms with E-state index in [2.05, 4.69) is 10.6 Å². The highest BCUT2D eigenvalue weighted by atomic mass is 16.6. The molecule has 1 atom stereocenters. The fourth-order valence-corrected chi connectivity index (χ4v) is 5.43. The molecule has 0 unspecified atom stereocenters. The lowest BCUT2D eigenvalue weighted by Gasteiger charge is -2.21. The summed E-state index contributed by atoms with van der Waals surface area (Å²) in [7, 11) is 0. The first-order chi connectivity index (χ1) is 26.4. The molecular formula is C40H54N2O13. The van der Waals surface area contributed by atoms with Crippen LogP contribution in [-0.4, -0.2) is 119 Å². The molecule has 3 N–H and O–H groups in total. The number of hydrogen-bond donors (Lipinski definition) is 3. The summed E-state index contributed by atoms with van der Waals surface area (Å²) in [5, 5.41) is 13.6. The third-order valence-electron chi connectivity index (χ3n) is 7.93. The molecule has 1 aliphatic rings. The number of carbonyl (C=O) groups excluding carboxylic acids is 4. The number of hydrogen-bond acceptors (Lipinski definition) is 12. The molecule has 15 nitrogen and oxygen atoms in total. The molecule has 0 radical (unpaired) electrons. The normalized spacial score (nSPS) is 12.8. The molecule has 2 aromatic rings. The lowest BCUT2D eigenvalue weighted by atomic mass is 9.98. The van der Waals surface area contributed by atoms with Crippen LogP contribution in [0.1, 0.15) is 63.5 Å². The number of esters is 2. The second-order valence-corrected chi connectivity index (χ2v) is 13.4. The third-order valence-corrected chi connectivity index (χ3v) is 7.93. The number of ether oxygens (including phenoxy) is 7. The van der Waals surface area contributed by atoms with Crippen molar-refractivity contribution in [1.29, 1.82) is 0 Å². The minimum Gasteiger partial charge on any atom is -0.481 e. The smallest absolute Gasteiger partial charge is 0.407 e. The molecule has 0 aliphatic heterocycles. The summed E-state index contributed by atoms with van der Waals surface area (Å²) >= 11 is 0. The van der Waals surface area contributed by atoms with E-state index in [-0.39, 0.29) is 70.5 Å². The van der Waals surface area contributed by atoms with Crippen molar-refractivity contribution in [1.82, 2.24) is 10.6 Å². The quantitative estimate of drug-likeness (QED) is 0.0535. The summed E-state index contributed by atoms with van der Waals surface area (Å²) < 4.78 is 38.0. The molecule has 0 fully saturated rings. The second-order valence-electron chi connectivity index (χ2n) is 13.4. The molecule has 302 valence electrons. The Hall–Kier alpha value is -4.83. The van der Waals surface area contributed by atoms with Gasteiger partial charge in [-0.1, -0.05) is 54.6 Å². The second kappa shape index (κ2) is 24.6. The minimum absolute atomic E-state index is 0.0392. The number of amides is 2. The van der Waals surface area contributed by atoms with Crippen molar-refractivity contribution in [3.05, 3.63) is 71.8 Å². The summed E-state index contributed by atoms with van der Waals surface area (Å²) in [6.07, 6.45) is 2.36. The number of carboxylic acid groups (broad SMARTS) is 1. The van der Waals surface area contributed by atoms with Gasteiger partial charge in [0, 0.05) is 25.3 Å². The van der Waals surface area contributed by atoms with Crippen molar-refractivity contribution in [3.63, 3.8) is 0 Å². The number of rotatable bonds is 26. The molecule has 0 bridgehead atoms. The van der Waals surface area contributed by atoms with Crippen LogP contribution in [0, 0.1) is 0 Å². The zero-order valence-corrected chi connectivity index (χ0v) is 31.9. The van der Waals surface area contributed by atoms with Crippen LogP contribution >= 0.6 is 0 Å². The largest absolute Gasteiger partial charge is 0.481 e. The average molecular weight is 771 g/mol. The van der Waals surface area contributed by atoms with Gasteiger partial charge in [0.15, 0.2) is 0 Å². The lowest BCUT2D eigenvalue weighted by molar-refractivity contribution is -0.155. The summed E-state index contributed by atoms with van der Waals surface area (Å²) in [4.78, 5) is 60.3. The van der Waals surface area contributed by atoms with Crippen LogP contribution in [0.3, 0.4) is 0 Å². The van der Waals surface area contributed by atoms with Crippen molar-refractivity contribution in [3.8, 4) is 11.1 Å². The van der Waals surface area contributed by atoms with Gasteiger partial charge in [-0.25, -0.2) is 9.59 Å². The molecule has 0 aromatic heterocycles. The van der Waals surface area contributed by atoms with E-state index in [1.54, 1.807) is 32.9 Å². The van der Waals surface area contributed by atoms with Crippen molar-refractivity contribution >= 4 is 29.9 Å². The molecule has 2 amide bonds. The van der Waals surface area contributed by atoms with E-state index in [4.69, 9.17) is 38.3 Å². The highest BCUT2D eigenvalue weighted by Gasteiger charge is 2.30. The van der Waals surface area contributed by atoms with E-state index in [9.17, 15) is 24.0 Å². The van der Waals surface area contributed by atoms with Gasteiger partial charge in [0.05, 0.1) is 59.3 Å². The molecule has 0 saturated heterocycles. The van der Waals surface area contributed by atoms with E-state index in [0.29, 0.717) is 39.6 Å². The summed E-state index contributed by atoms with van der Waals surface area (Å²) in [6, 6.07) is 14.8. The topological polar surface area (TPSA) is 194 Å². The number of fused-ring (bicyclic) bond motifs is 3. The van der Waals surface area contributed by atoms with Crippen LogP contribution in [-0.2, 0) is 52.3 Å². The number of nitrogens with one attached hydrogen (secondary N) is 2. The maximum absolute atomic E-state index is 13.0. The van der Waals surface area contributed by atoms with Crippen LogP contribution in [0.5, 0.6) is 0 Å². The van der Waals surface area contributed by atoms with Gasteiger partial charge in [0.1, 0.15) is 24.9 Å². The number of aliphatic carboxylic acids is 1. The Labute approximate surface area is 322 Å². The van der Waals surface area contributed by atoms with Crippen molar-refractivity contribution in [2.24, 2.45) is 0 Å². The molecule has 2 aromatic carbocycles. The first-order valence-electron chi connectivity index (χ1n) is 18.4. The van der Waals surface area contributed by atoms with Crippen LogP contribution < -0.4 is 10.6 Å². The zero-order valence-electron chi connectivity index (χ0n) is 31.9. The summed E-state index contributed by atoms with van der Waals surface area (Å²) in [6.45, 7) is 7.84. The van der Waals surface area contributed by atoms with Gasteiger partial charge >= 0.3 is 24.0 Å². The van der Waals surface area contributed by atoms with Crippen molar-refractivity contribution in [2.45, 2.75) is 64.0 Å². The fourth-order valence-electron chi connectivity index (χ4n) is 5.43. The van der Waals surface area contributed by atoms with Gasteiger partial charge < -0.3 is 48.9 Å². The number of benzene rings is 2. The highest BCUT2D eigenvalue weighted by Crippen LogP contribution is 2.44. The Morgan fingerprint density at radius 1 is 0.727 bits per heavy atom. The predicted molar refractivity (Wildman–Crippen MR) is 200 cm³/mol. The maximum atomic E-state index is 13.0. The van der Waals surface area contributed by atoms with Crippen molar-refractivity contribution in [2.75, 3.05) is 72.6 Å². The van der Waals surface area contributed by atoms with E-state index >= 15 is 0 Å². The lowest BCUT2D eigenvalue weighted by Crippen LogP contribution is -2.43. The molecule has 3 rings (SSSR count). The number of alkyl carbamates (subject to hydrolysis) is 1. The van der Waals surface area contributed by atoms with Crippen LogP contribution in [0.2, 0.25) is 0 Å². The van der Waals surface area contributed by atoms with Gasteiger partial charge in [-0.15, -0.1) is 0 Å². The molecule has 0 saturated carbocycles. The molecule has 15 heteroatoms. The Bertz CT molecular complexity index is 1510. The average Bonchev–Trinajstić information content (AvgIpc) is 3.46. The predicted octanol–water partition coefficient (Wildman–Crippen LogP) is 4.16. The third kappa shape index (κ3) is 17.9. The SMILES string of the molecule is CC(C)(C)OC(=O)CC[C@H](NC(=O)OCC1c2ccccc2-c2ccccc21)C(=O)OC/C=C/COCCOCCOCCOCCC(=O)NCCC(=O)O. The van der Waals surface area contributed by atoms with E-state index in [1.807, 2.05) is 48.5 Å². The van der Waals surface area contributed by atoms with Gasteiger partial charge in [0.2, 0.25) is 5.91 Å². The maximum Gasteiger partial charge on any atom is 0.407 e. The Morgan fingerprint density at radius 2 is 1.29 bits per heavy atom. The molecular weight excluding hydrogens is 716 g/mol. The van der Waals surface area contributed by atoms with Gasteiger partial charge in [-0.3, -0.25) is 14.4 Å². The minimum atomic E-state index is -1.14. The van der Waals surface area contributed by atoms with Crippen LogP contribution in [0.15, 0.2) is 60.7 Å². The molecule has 1 aliphatic carbocycles. The zero-order chi connectivity index (χ0) is 39.9. The highest BCUT2D eigenvalue weighted by molar-refractivity contribution is 5.83. The van der Waals surface area contributed by atoms with Crippen molar-refractivity contribution < 1.29 is 62.2 Å². The summed E-state index contributed by atoms with van der Waals surface area (Å²) in [5.41, 5.74) is 3.60. The monoisotopic (exact) mass is 770 g/mol. The summed E-state index contributed by atoms with van der Waals surface area (Å²) in [5.74, 6) is -2.62. The first kappa shape index (κ1) is 44.6. The van der Waals surface area contributed by atoms with E-state index < -0.39 is 35.6 Å². The Morgan fingerprint density at radius 3 is 1.89 bits per heavy atom.